The molecule has 0 aliphatic heterocycles. The van der Waals surface area contributed by atoms with Gasteiger partial charge in [-0.1, -0.05) is 0 Å². The first-order chi connectivity index (χ1) is 15.5. The number of methoxy groups -OCH3 is 3. The molecule has 2 aromatic carbocycles. The molecule has 0 aliphatic rings. The largest absolute Gasteiger partial charge is 0.494 e. The van der Waals surface area contributed by atoms with Crippen LogP contribution in [0.4, 0.5) is 5.69 Å². The smallest absolute Gasteiger partial charge is 0.267 e. The van der Waals surface area contributed by atoms with Gasteiger partial charge in [0.15, 0.2) is 11.5 Å². The van der Waals surface area contributed by atoms with Gasteiger partial charge in [0.1, 0.15) is 12.3 Å². The first kappa shape index (κ1) is 22.7. The number of nitrogens with zero attached hydrogens (tertiary/aromatic N) is 2. The number of ether oxygens (including phenoxy) is 4. The van der Waals surface area contributed by atoms with Crippen LogP contribution in [0.5, 0.6) is 23.0 Å². The van der Waals surface area contributed by atoms with E-state index >= 15 is 0 Å². The van der Waals surface area contributed by atoms with Gasteiger partial charge in [0.2, 0.25) is 11.7 Å². The van der Waals surface area contributed by atoms with E-state index in [0.717, 1.165) is 16.0 Å². The summed E-state index contributed by atoms with van der Waals surface area (Å²) in [6.45, 7) is 2.22. The second-order valence-electron chi connectivity index (χ2n) is 6.63. The average molecular weight is 439 g/mol. The van der Waals surface area contributed by atoms with Crippen LogP contribution in [-0.2, 0) is 11.3 Å². The molecule has 0 aliphatic carbocycles. The van der Waals surface area contributed by atoms with E-state index in [1.165, 1.54) is 27.4 Å². The third kappa shape index (κ3) is 5.18. The summed E-state index contributed by atoms with van der Waals surface area (Å²) in [6, 6.07) is 13.5. The van der Waals surface area contributed by atoms with Crippen molar-refractivity contribution in [3.8, 4) is 34.3 Å². The van der Waals surface area contributed by atoms with Crippen molar-refractivity contribution >= 4 is 11.6 Å². The molecule has 32 heavy (non-hydrogen) atoms. The van der Waals surface area contributed by atoms with Crippen molar-refractivity contribution in [1.82, 2.24) is 9.78 Å². The zero-order chi connectivity index (χ0) is 23.1. The highest BCUT2D eigenvalue weighted by molar-refractivity contribution is 5.91. The molecule has 1 aromatic heterocycles. The summed E-state index contributed by atoms with van der Waals surface area (Å²) >= 11 is 0. The minimum Gasteiger partial charge on any atom is -0.494 e. The number of rotatable bonds is 9. The van der Waals surface area contributed by atoms with E-state index in [1.54, 1.807) is 18.2 Å². The van der Waals surface area contributed by atoms with E-state index in [4.69, 9.17) is 18.9 Å². The molecule has 0 saturated carbocycles. The van der Waals surface area contributed by atoms with E-state index in [0.29, 0.717) is 35.2 Å². The van der Waals surface area contributed by atoms with Gasteiger partial charge in [-0.15, -0.1) is 0 Å². The Labute approximate surface area is 185 Å². The maximum Gasteiger partial charge on any atom is 0.267 e. The molecular weight excluding hydrogens is 414 g/mol. The van der Waals surface area contributed by atoms with Gasteiger partial charge in [-0.25, -0.2) is 4.68 Å². The predicted molar refractivity (Wildman–Crippen MR) is 120 cm³/mol. The summed E-state index contributed by atoms with van der Waals surface area (Å²) in [6.07, 6.45) is 0. The Balaban J connectivity index is 1.79. The minimum atomic E-state index is -0.433. The van der Waals surface area contributed by atoms with Crippen LogP contribution in [0.1, 0.15) is 6.92 Å². The average Bonchev–Trinajstić information content (AvgIpc) is 2.80. The Morgan fingerprint density at radius 3 is 2.19 bits per heavy atom. The van der Waals surface area contributed by atoms with Gasteiger partial charge < -0.3 is 24.3 Å². The van der Waals surface area contributed by atoms with Gasteiger partial charge >= 0.3 is 0 Å². The van der Waals surface area contributed by atoms with Gasteiger partial charge in [-0.3, -0.25) is 9.59 Å². The highest BCUT2D eigenvalue weighted by Gasteiger charge is 2.15. The lowest BCUT2D eigenvalue weighted by Crippen LogP contribution is -2.29. The number of anilines is 1. The van der Waals surface area contributed by atoms with Crippen LogP contribution in [-0.4, -0.2) is 43.6 Å². The Bertz CT molecular complexity index is 1120. The molecule has 0 fully saturated rings. The highest BCUT2D eigenvalue weighted by atomic mass is 16.5. The number of benzene rings is 2. The fourth-order valence-electron chi connectivity index (χ4n) is 3.09. The molecule has 1 N–H and O–H groups in total. The van der Waals surface area contributed by atoms with Crippen LogP contribution in [0.25, 0.3) is 11.3 Å². The second-order valence-corrected chi connectivity index (χ2v) is 6.63. The standard InChI is InChI=1S/C23H25N3O6/c1-5-32-17-8-6-15(7-9-17)18-10-11-22(28)26(25-18)14-21(27)24-16-12-19(29-2)23(31-4)20(13-16)30-3/h6-13H,5,14H2,1-4H3,(H,24,27). The van der Waals surface area contributed by atoms with E-state index in [9.17, 15) is 9.59 Å². The van der Waals surface area contributed by atoms with Crippen molar-refractivity contribution in [2.45, 2.75) is 13.5 Å². The highest BCUT2D eigenvalue weighted by Crippen LogP contribution is 2.39. The molecule has 0 bridgehead atoms. The van der Waals surface area contributed by atoms with Gasteiger partial charge in [0.25, 0.3) is 5.56 Å². The fraction of sp³-hybridized carbons (Fsp3) is 0.261. The number of amides is 1. The van der Waals surface area contributed by atoms with Gasteiger partial charge in [0, 0.05) is 29.4 Å². The lowest BCUT2D eigenvalue weighted by atomic mass is 10.1. The van der Waals surface area contributed by atoms with Crippen molar-refractivity contribution in [3.63, 3.8) is 0 Å². The summed E-state index contributed by atoms with van der Waals surface area (Å²) in [5.74, 6) is 1.52. The Morgan fingerprint density at radius 2 is 1.62 bits per heavy atom. The van der Waals surface area contributed by atoms with Crippen LogP contribution < -0.4 is 29.8 Å². The van der Waals surface area contributed by atoms with E-state index in [1.807, 2.05) is 31.2 Å². The van der Waals surface area contributed by atoms with E-state index < -0.39 is 5.91 Å². The zero-order valence-corrected chi connectivity index (χ0v) is 18.4. The molecule has 9 heteroatoms. The Hall–Kier alpha value is -4.01. The molecule has 0 atom stereocenters. The third-order valence-electron chi connectivity index (χ3n) is 4.57. The summed E-state index contributed by atoms with van der Waals surface area (Å²) in [5, 5.41) is 7.06. The Morgan fingerprint density at radius 1 is 0.969 bits per heavy atom. The summed E-state index contributed by atoms with van der Waals surface area (Å²) in [5.41, 5.74) is 1.40. The lowest BCUT2D eigenvalue weighted by Gasteiger charge is -2.15. The summed E-state index contributed by atoms with van der Waals surface area (Å²) in [7, 11) is 4.46. The molecule has 9 nitrogen and oxygen atoms in total. The van der Waals surface area contributed by atoms with Gasteiger partial charge in [-0.05, 0) is 37.3 Å². The first-order valence-electron chi connectivity index (χ1n) is 9.90. The molecule has 1 amide bonds. The summed E-state index contributed by atoms with van der Waals surface area (Å²) in [4.78, 5) is 24.9. The molecule has 1 heterocycles. The topological polar surface area (TPSA) is 101 Å². The molecule has 0 spiro atoms. The number of carbonyl (C=O) groups is 1. The molecule has 3 aromatic rings. The first-order valence-corrected chi connectivity index (χ1v) is 9.90. The normalized spacial score (nSPS) is 10.4. The SMILES string of the molecule is CCOc1ccc(-c2ccc(=O)n(CC(=O)Nc3cc(OC)c(OC)c(OC)c3)n2)cc1. The maximum absolute atomic E-state index is 12.6. The fourth-order valence-corrected chi connectivity index (χ4v) is 3.09. The molecule has 0 saturated heterocycles. The van der Waals surface area contributed by atoms with Crippen molar-refractivity contribution in [2.24, 2.45) is 0 Å². The predicted octanol–water partition coefficient (Wildman–Crippen LogP) is 2.97. The molecular formula is C23H25N3O6. The quantitative estimate of drug-likeness (QED) is 0.547. The molecule has 3 rings (SSSR count). The van der Waals surface area contributed by atoms with Crippen molar-refractivity contribution < 1.29 is 23.7 Å². The van der Waals surface area contributed by atoms with Crippen LogP contribution in [0.15, 0.2) is 53.3 Å². The molecule has 0 unspecified atom stereocenters. The van der Waals surface area contributed by atoms with E-state index in [2.05, 4.69) is 10.4 Å². The minimum absolute atomic E-state index is 0.264. The van der Waals surface area contributed by atoms with Gasteiger partial charge in [0.05, 0.1) is 33.6 Å². The van der Waals surface area contributed by atoms with Crippen LogP contribution in [0, 0.1) is 0 Å². The number of aromatic nitrogens is 2. The maximum atomic E-state index is 12.6. The summed E-state index contributed by atoms with van der Waals surface area (Å²) < 4.78 is 22.4. The van der Waals surface area contributed by atoms with Crippen molar-refractivity contribution in [3.05, 3.63) is 58.9 Å². The van der Waals surface area contributed by atoms with Crippen molar-refractivity contribution in [2.75, 3.05) is 33.3 Å². The molecule has 168 valence electrons. The van der Waals surface area contributed by atoms with Crippen molar-refractivity contribution in [1.29, 1.82) is 0 Å². The number of nitrogens with one attached hydrogen (secondary N) is 1. The van der Waals surface area contributed by atoms with Crippen LogP contribution in [0.3, 0.4) is 0 Å². The van der Waals surface area contributed by atoms with E-state index in [-0.39, 0.29) is 12.1 Å². The number of hydrogen-bond acceptors (Lipinski definition) is 7. The third-order valence-corrected chi connectivity index (χ3v) is 4.57. The second kappa shape index (κ2) is 10.3. The van der Waals surface area contributed by atoms with Gasteiger partial charge in [-0.2, -0.15) is 5.10 Å². The monoisotopic (exact) mass is 439 g/mol. The molecule has 0 radical (unpaired) electrons. The zero-order valence-electron chi connectivity index (χ0n) is 18.4. The number of carbonyl (C=O) groups excluding carboxylic acids is 1. The van der Waals surface area contributed by atoms with Crippen LogP contribution in [0.2, 0.25) is 0 Å². The lowest BCUT2D eigenvalue weighted by molar-refractivity contribution is -0.117. The van der Waals surface area contributed by atoms with Crippen LogP contribution >= 0.6 is 0 Å². The Kier molecular flexibility index (Phi) is 7.33. The number of hydrogen-bond donors (Lipinski definition) is 1.